The highest BCUT2D eigenvalue weighted by Crippen LogP contribution is 2.26. The summed E-state index contributed by atoms with van der Waals surface area (Å²) >= 11 is 5.77. The van der Waals surface area contributed by atoms with Gasteiger partial charge in [-0.2, -0.15) is 8.78 Å². The molecule has 0 radical (unpaired) electrons. The van der Waals surface area contributed by atoms with E-state index in [9.17, 15) is 22.0 Å². The van der Waals surface area contributed by atoms with Crippen molar-refractivity contribution in [1.29, 1.82) is 0 Å². The van der Waals surface area contributed by atoms with E-state index in [0.717, 1.165) is 6.07 Å². The van der Waals surface area contributed by atoms with Crippen molar-refractivity contribution >= 4 is 33.0 Å². The van der Waals surface area contributed by atoms with Crippen LogP contribution >= 0.6 is 11.6 Å². The Morgan fingerprint density at radius 3 is 2.54 bits per heavy atom. The van der Waals surface area contributed by atoms with Crippen LogP contribution in [0.25, 0.3) is 0 Å². The number of amides is 1. The predicted molar refractivity (Wildman–Crippen MR) is 85.2 cm³/mol. The van der Waals surface area contributed by atoms with Crippen LogP contribution in [0.5, 0.6) is 5.75 Å². The summed E-state index contributed by atoms with van der Waals surface area (Å²) in [6.45, 7) is -0.441. The number of rotatable bonds is 6. The standard InChI is InChI=1S/C15H12ClF2NO4S/c16-10-4-3-5-11(8-10)23-9-14(20)19-12-6-1-2-7-13(12)24(21,22)15(17)18/h1-8,15H,9H2,(H,19,20). The molecule has 0 aromatic heterocycles. The summed E-state index contributed by atoms with van der Waals surface area (Å²) in [6, 6.07) is 11.2. The van der Waals surface area contributed by atoms with Gasteiger partial charge in [0.2, 0.25) is 9.84 Å². The molecule has 0 fully saturated rings. The maximum Gasteiger partial charge on any atom is 0.341 e. The predicted octanol–water partition coefficient (Wildman–Crippen LogP) is 3.35. The van der Waals surface area contributed by atoms with Crippen LogP contribution in [0.1, 0.15) is 0 Å². The Labute approximate surface area is 142 Å². The van der Waals surface area contributed by atoms with E-state index in [1.165, 1.54) is 24.3 Å². The molecule has 24 heavy (non-hydrogen) atoms. The van der Waals surface area contributed by atoms with Gasteiger partial charge in [-0.05, 0) is 30.3 Å². The number of nitrogens with one attached hydrogen (secondary N) is 1. The Hall–Kier alpha value is -2.19. The van der Waals surface area contributed by atoms with Crippen molar-refractivity contribution in [3.63, 3.8) is 0 Å². The zero-order chi connectivity index (χ0) is 17.7. The molecule has 0 bridgehead atoms. The third-order valence-corrected chi connectivity index (χ3v) is 4.54. The molecule has 0 saturated heterocycles. The van der Waals surface area contributed by atoms with Gasteiger partial charge in [-0.3, -0.25) is 4.79 Å². The summed E-state index contributed by atoms with van der Waals surface area (Å²) < 4.78 is 53.8. The molecule has 128 valence electrons. The van der Waals surface area contributed by atoms with E-state index >= 15 is 0 Å². The molecular weight excluding hydrogens is 364 g/mol. The first-order valence-electron chi connectivity index (χ1n) is 6.60. The minimum Gasteiger partial charge on any atom is -0.484 e. The average Bonchev–Trinajstić information content (AvgIpc) is 2.53. The highest BCUT2D eigenvalue weighted by Gasteiger charge is 2.29. The summed E-state index contributed by atoms with van der Waals surface area (Å²) in [4.78, 5) is 11.2. The molecule has 0 heterocycles. The van der Waals surface area contributed by atoms with Crippen LogP contribution in [0.3, 0.4) is 0 Å². The fraction of sp³-hybridized carbons (Fsp3) is 0.133. The van der Waals surface area contributed by atoms with Gasteiger partial charge in [0.05, 0.1) is 10.6 Å². The number of ether oxygens (including phenoxy) is 1. The SMILES string of the molecule is O=C(COc1cccc(Cl)c1)Nc1ccccc1S(=O)(=O)C(F)F. The summed E-state index contributed by atoms with van der Waals surface area (Å²) in [5, 5.41) is 2.66. The number of sulfone groups is 1. The molecule has 0 aliphatic heterocycles. The largest absolute Gasteiger partial charge is 0.484 e. The van der Waals surface area contributed by atoms with Crippen LogP contribution in [-0.2, 0) is 14.6 Å². The lowest BCUT2D eigenvalue weighted by Crippen LogP contribution is -2.22. The van der Waals surface area contributed by atoms with E-state index in [2.05, 4.69) is 5.32 Å². The number of hydrogen-bond acceptors (Lipinski definition) is 4. The van der Waals surface area contributed by atoms with E-state index in [1.54, 1.807) is 18.2 Å². The van der Waals surface area contributed by atoms with Crippen LogP contribution in [0.15, 0.2) is 53.4 Å². The molecule has 0 atom stereocenters. The fourth-order valence-electron chi connectivity index (χ4n) is 1.81. The Balaban J connectivity index is 2.10. The van der Waals surface area contributed by atoms with Crippen LogP contribution < -0.4 is 10.1 Å². The molecule has 9 heteroatoms. The summed E-state index contributed by atoms with van der Waals surface area (Å²) in [5.74, 6) is -3.95. The number of halogens is 3. The van der Waals surface area contributed by atoms with Gasteiger partial charge in [0, 0.05) is 5.02 Å². The van der Waals surface area contributed by atoms with Gasteiger partial charge in [0.25, 0.3) is 5.91 Å². The first-order valence-corrected chi connectivity index (χ1v) is 8.52. The van der Waals surface area contributed by atoms with Crippen molar-refractivity contribution in [1.82, 2.24) is 0 Å². The van der Waals surface area contributed by atoms with Crippen LogP contribution in [0.4, 0.5) is 14.5 Å². The molecule has 0 spiro atoms. The molecule has 2 aromatic rings. The van der Waals surface area contributed by atoms with Crippen molar-refractivity contribution in [2.75, 3.05) is 11.9 Å². The van der Waals surface area contributed by atoms with Crippen LogP contribution in [-0.4, -0.2) is 26.7 Å². The smallest absolute Gasteiger partial charge is 0.341 e. The average molecular weight is 376 g/mol. The highest BCUT2D eigenvalue weighted by molar-refractivity contribution is 7.91. The molecule has 5 nitrogen and oxygen atoms in total. The molecule has 1 amide bonds. The van der Waals surface area contributed by atoms with E-state index < -0.39 is 33.0 Å². The van der Waals surface area contributed by atoms with Crippen molar-refractivity contribution in [3.05, 3.63) is 53.6 Å². The first-order chi connectivity index (χ1) is 11.3. The second-order valence-electron chi connectivity index (χ2n) is 4.60. The molecule has 0 aliphatic carbocycles. The zero-order valence-electron chi connectivity index (χ0n) is 12.1. The minimum absolute atomic E-state index is 0.238. The number of anilines is 1. The van der Waals surface area contributed by atoms with Crippen molar-refractivity contribution < 1.29 is 26.7 Å². The van der Waals surface area contributed by atoms with Crippen molar-refractivity contribution in [3.8, 4) is 5.75 Å². The van der Waals surface area contributed by atoms with Crippen molar-refractivity contribution in [2.24, 2.45) is 0 Å². The van der Waals surface area contributed by atoms with E-state index in [1.807, 2.05) is 0 Å². The first kappa shape index (κ1) is 18.2. The number of para-hydroxylation sites is 1. The van der Waals surface area contributed by atoms with Gasteiger partial charge in [0.15, 0.2) is 6.61 Å². The fourth-order valence-corrected chi connectivity index (χ4v) is 2.87. The second kappa shape index (κ2) is 7.59. The highest BCUT2D eigenvalue weighted by atomic mass is 35.5. The maximum atomic E-state index is 12.7. The maximum absolute atomic E-state index is 12.7. The molecule has 2 aromatic carbocycles. The van der Waals surface area contributed by atoms with Gasteiger partial charge < -0.3 is 10.1 Å². The van der Waals surface area contributed by atoms with E-state index in [4.69, 9.17) is 16.3 Å². The van der Waals surface area contributed by atoms with Gasteiger partial charge in [-0.25, -0.2) is 8.42 Å². The Morgan fingerprint density at radius 1 is 1.17 bits per heavy atom. The zero-order valence-corrected chi connectivity index (χ0v) is 13.7. The summed E-state index contributed by atoms with van der Waals surface area (Å²) in [7, 11) is -4.83. The quantitative estimate of drug-likeness (QED) is 0.840. The topological polar surface area (TPSA) is 72.5 Å². The number of hydrogen-bond donors (Lipinski definition) is 1. The lowest BCUT2D eigenvalue weighted by Gasteiger charge is -2.12. The molecule has 0 unspecified atom stereocenters. The summed E-state index contributed by atoms with van der Waals surface area (Å²) in [5.41, 5.74) is -0.238. The lowest BCUT2D eigenvalue weighted by atomic mass is 10.3. The number of alkyl halides is 2. The number of benzene rings is 2. The third kappa shape index (κ3) is 4.42. The van der Waals surface area contributed by atoms with Gasteiger partial charge in [-0.15, -0.1) is 0 Å². The van der Waals surface area contributed by atoms with Crippen LogP contribution in [0.2, 0.25) is 5.02 Å². The van der Waals surface area contributed by atoms with Crippen LogP contribution in [0, 0.1) is 0 Å². The lowest BCUT2D eigenvalue weighted by molar-refractivity contribution is -0.118. The molecule has 2 rings (SSSR count). The van der Waals surface area contributed by atoms with Gasteiger partial charge in [0.1, 0.15) is 5.75 Å². The second-order valence-corrected chi connectivity index (χ2v) is 6.92. The molecule has 1 N–H and O–H groups in total. The normalized spacial score (nSPS) is 11.3. The number of carbonyl (C=O) groups excluding carboxylic acids is 1. The van der Waals surface area contributed by atoms with Gasteiger partial charge in [-0.1, -0.05) is 29.8 Å². The molecule has 0 saturated carbocycles. The molecule has 0 aliphatic rings. The Kier molecular flexibility index (Phi) is 5.74. The monoisotopic (exact) mass is 375 g/mol. The Bertz CT molecular complexity index is 843. The van der Waals surface area contributed by atoms with E-state index in [0.29, 0.717) is 10.8 Å². The van der Waals surface area contributed by atoms with Gasteiger partial charge >= 0.3 is 5.76 Å². The minimum atomic E-state index is -4.83. The third-order valence-electron chi connectivity index (χ3n) is 2.87. The van der Waals surface area contributed by atoms with E-state index in [-0.39, 0.29) is 5.69 Å². The molecular formula is C15H12ClF2NO4S. The number of carbonyl (C=O) groups is 1. The summed E-state index contributed by atoms with van der Waals surface area (Å²) in [6.07, 6.45) is 0. The van der Waals surface area contributed by atoms with Crippen molar-refractivity contribution in [2.45, 2.75) is 10.7 Å². The Morgan fingerprint density at radius 2 is 1.88 bits per heavy atom.